The van der Waals surface area contributed by atoms with Crippen molar-refractivity contribution < 1.29 is 13.2 Å². The minimum absolute atomic E-state index is 0.403. The topological polar surface area (TPSA) is 49.8 Å². The highest BCUT2D eigenvalue weighted by atomic mass is 32.2. The van der Waals surface area contributed by atoms with Gasteiger partial charge in [0.2, 0.25) is 0 Å². The largest absolute Gasteiger partial charge is 0.391 e. The standard InChI is InChI=1S/C12H19F3N4S/c1-4-5-16-9-6-10(19-11(18-9)20-3)17-8(2)7-12(13,14)15/h6,8H,4-5,7H2,1-3H3,(H2,16,17,18,19). The second-order valence-electron chi connectivity index (χ2n) is 4.42. The first-order chi connectivity index (χ1) is 9.34. The van der Waals surface area contributed by atoms with E-state index in [1.54, 1.807) is 6.07 Å². The van der Waals surface area contributed by atoms with Crippen molar-refractivity contribution in [1.82, 2.24) is 9.97 Å². The molecule has 0 fully saturated rings. The number of anilines is 2. The quantitative estimate of drug-likeness (QED) is 0.593. The fourth-order valence-corrected chi connectivity index (χ4v) is 1.96. The third kappa shape index (κ3) is 6.31. The lowest BCUT2D eigenvalue weighted by atomic mass is 10.2. The van der Waals surface area contributed by atoms with Gasteiger partial charge in [-0.25, -0.2) is 9.97 Å². The molecule has 0 saturated heterocycles. The monoisotopic (exact) mass is 308 g/mol. The van der Waals surface area contributed by atoms with Crippen LogP contribution < -0.4 is 10.6 Å². The van der Waals surface area contributed by atoms with Gasteiger partial charge in [0.25, 0.3) is 0 Å². The predicted octanol–water partition coefficient (Wildman–Crippen LogP) is 3.77. The predicted molar refractivity (Wildman–Crippen MR) is 76.4 cm³/mol. The summed E-state index contributed by atoms with van der Waals surface area (Å²) in [6.45, 7) is 4.25. The number of rotatable bonds is 7. The third-order valence-electron chi connectivity index (χ3n) is 2.38. The Balaban J connectivity index is 2.77. The lowest BCUT2D eigenvalue weighted by Gasteiger charge is -2.17. The van der Waals surface area contributed by atoms with Gasteiger partial charge in [-0.3, -0.25) is 0 Å². The van der Waals surface area contributed by atoms with Crippen LogP contribution in [0.2, 0.25) is 0 Å². The summed E-state index contributed by atoms with van der Waals surface area (Å²) in [7, 11) is 0. The fraction of sp³-hybridized carbons (Fsp3) is 0.667. The summed E-state index contributed by atoms with van der Waals surface area (Å²) in [5.41, 5.74) is 0. The molecule has 0 radical (unpaired) electrons. The minimum atomic E-state index is -4.19. The van der Waals surface area contributed by atoms with Gasteiger partial charge in [0.05, 0.1) is 6.42 Å². The molecule has 1 heterocycles. The molecular formula is C12H19F3N4S. The maximum absolute atomic E-state index is 12.3. The van der Waals surface area contributed by atoms with Gasteiger partial charge in [-0.2, -0.15) is 13.2 Å². The molecule has 0 aliphatic rings. The Labute approximate surface area is 121 Å². The summed E-state index contributed by atoms with van der Waals surface area (Å²) in [4.78, 5) is 8.41. The molecule has 0 bridgehead atoms. The maximum Gasteiger partial charge on any atom is 0.391 e. The molecule has 0 saturated carbocycles. The normalized spacial score (nSPS) is 13.1. The van der Waals surface area contributed by atoms with Crippen LogP contribution in [0.15, 0.2) is 11.2 Å². The average molecular weight is 308 g/mol. The van der Waals surface area contributed by atoms with Crippen LogP contribution in [0.25, 0.3) is 0 Å². The van der Waals surface area contributed by atoms with Crippen LogP contribution >= 0.6 is 11.8 Å². The van der Waals surface area contributed by atoms with Gasteiger partial charge >= 0.3 is 6.18 Å². The highest BCUT2D eigenvalue weighted by Crippen LogP contribution is 2.24. The van der Waals surface area contributed by atoms with Crippen molar-refractivity contribution >= 4 is 23.4 Å². The Morgan fingerprint density at radius 1 is 1.30 bits per heavy atom. The molecule has 114 valence electrons. The number of aromatic nitrogens is 2. The van der Waals surface area contributed by atoms with Gasteiger partial charge in [0, 0.05) is 18.7 Å². The van der Waals surface area contributed by atoms with Crippen molar-refractivity contribution in [1.29, 1.82) is 0 Å². The maximum atomic E-state index is 12.3. The molecule has 0 spiro atoms. The van der Waals surface area contributed by atoms with Gasteiger partial charge in [-0.05, 0) is 19.6 Å². The molecule has 20 heavy (non-hydrogen) atoms. The van der Waals surface area contributed by atoms with Crippen molar-refractivity contribution in [2.75, 3.05) is 23.4 Å². The molecule has 1 aromatic rings. The lowest BCUT2D eigenvalue weighted by molar-refractivity contribution is -0.136. The van der Waals surface area contributed by atoms with Crippen LogP contribution in [-0.2, 0) is 0 Å². The summed E-state index contributed by atoms with van der Waals surface area (Å²) in [6.07, 6.45) is -2.33. The molecule has 2 N–H and O–H groups in total. The number of thioether (sulfide) groups is 1. The van der Waals surface area contributed by atoms with Crippen LogP contribution in [0.3, 0.4) is 0 Å². The van der Waals surface area contributed by atoms with E-state index in [4.69, 9.17) is 0 Å². The second kappa shape index (κ2) is 7.56. The number of hydrogen-bond donors (Lipinski definition) is 2. The highest BCUT2D eigenvalue weighted by Gasteiger charge is 2.30. The van der Waals surface area contributed by atoms with Gasteiger partial charge in [0.1, 0.15) is 11.6 Å². The molecule has 1 rings (SSSR count). The number of hydrogen-bond acceptors (Lipinski definition) is 5. The summed E-state index contributed by atoms with van der Waals surface area (Å²) in [6, 6.07) is 0.890. The SMILES string of the molecule is CCCNc1cc(NC(C)CC(F)(F)F)nc(SC)n1. The first kappa shape index (κ1) is 16.9. The van der Waals surface area contributed by atoms with Crippen molar-refractivity contribution in [3.63, 3.8) is 0 Å². The van der Waals surface area contributed by atoms with Crippen LogP contribution in [0.5, 0.6) is 0 Å². The van der Waals surface area contributed by atoms with Crippen LogP contribution in [0, 0.1) is 0 Å². The zero-order valence-corrected chi connectivity index (χ0v) is 12.5. The van der Waals surface area contributed by atoms with Gasteiger partial charge in [-0.15, -0.1) is 0 Å². The van der Waals surface area contributed by atoms with Crippen molar-refractivity contribution in [3.8, 4) is 0 Å². The summed E-state index contributed by atoms with van der Waals surface area (Å²) in [5, 5.41) is 6.39. The van der Waals surface area contributed by atoms with E-state index in [0.29, 0.717) is 16.8 Å². The van der Waals surface area contributed by atoms with E-state index in [1.165, 1.54) is 18.7 Å². The van der Waals surface area contributed by atoms with E-state index >= 15 is 0 Å². The number of halogens is 3. The fourth-order valence-electron chi connectivity index (χ4n) is 1.58. The Kier molecular flexibility index (Phi) is 6.38. The first-order valence-corrected chi connectivity index (χ1v) is 7.56. The average Bonchev–Trinajstić information content (AvgIpc) is 2.33. The molecule has 0 aliphatic heterocycles. The van der Waals surface area contributed by atoms with Crippen molar-refractivity contribution in [2.45, 2.75) is 44.1 Å². The van der Waals surface area contributed by atoms with E-state index in [-0.39, 0.29) is 0 Å². The Hall–Kier alpha value is -1.18. The first-order valence-electron chi connectivity index (χ1n) is 6.34. The summed E-state index contributed by atoms with van der Waals surface area (Å²) >= 11 is 1.35. The third-order valence-corrected chi connectivity index (χ3v) is 2.92. The molecule has 4 nitrogen and oxygen atoms in total. The van der Waals surface area contributed by atoms with Gasteiger partial charge < -0.3 is 10.6 Å². The summed E-state index contributed by atoms with van der Waals surface area (Å²) < 4.78 is 36.9. The van der Waals surface area contributed by atoms with E-state index < -0.39 is 18.6 Å². The molecular weight excluding hydrogens is 289 g/mol. The second-order valence-corrected chi connectivity index (χ2v) is 5.19. The molecule has 8 heteroatoms. The van der Waals surface area contributed by atoms with Gasteiger partial charge in [0.15, 0.2) is 5.16 Å². The molecule has 1 atom stereocenters. The Morgan fingerprint density at radius 2 is 1.95 bits per heavy atom. The smallest absolute Gasteiger partial charge is 0.370 e. The number of alkyl halides is 3. The van der Waals surface area contributed by atoms with Gasteiger partial charge in [-0.1, -0.05) is 18.7 Å². The summed E-state index contributed by atoms with van der Waals surface area (Å²) in [5.74, 6) is 1.02. The van der Waals surface area contributed by atoms with Crippen LogP contribution in [0.1, 0.15) is 26.7 Å². The molecule has 0 aliphatic carbocycles. The highest BCUT2D eigenvalue weighted by molar-refractivity contribution is 7.98. The number of nitrogens with one attached hydrogen (secondary N) is 2. The Morgan fingerprint density at radius 3 is 2.50 bits per heavy atom. The van der Waals surface area contributed by atoms with E-state index in [0.717, 1.165) is 13.0 Å². The van der Waals surface area contributed by atoms with Crippen LogP contribution in [-0.4, -0.2) is 35.0 Å². The lowest BCUT2D eigenvalue weighted by Crippen LogP contribution is -2.24. The molecule has 0 aromatic carbocycles. The zero-order chi connectivity index (χ0) is 15.2. The van der Waals surface area contributed by atoms with E-state index in [9.17, 15) is 13.2 Å². The molecule has 1 unspecified atom stereocenters. The van der Waals surface area contributed by atoms with Crippen LogP contribution in [0.4, 0.5) is 24.8 Å². The molecule has 0 amide bonds. The number of nitrogens with zero attached hydrogens (tertiary/aromatic N) is 2. The Bertz CT molecular complexity index is 426. The minimum Gasteiger partial charge on any atom is -0.370 e. The van der Waals surface area contributed by atoms with Crippen molar-refractivity contribution in [3.05, 3.63) is 6.07 Å². The van der Waals surface area contributed by atoms with Crippen molar-refractivity contribution in [2.24, 2.45) is 0 Å². The molecule has 1 aromatic heterocycles. The van der Waals surface area contributed by atoms with E-state index in [1.807, 2.05) is 13.2 Å². The van der Waals surface area contributed by atoms with E-state index in [2.05, 4.69) is 20.6 Å². The zero-order valence-electron chi connectivity index (χ0n) is 11.7.